The first-order valence-electron chi connectivity index (χ1n) is 7.72. The number of rotatable bonds is 5. The van der Waals surface area contributed by atoms with E-state index in [9.17, 15) is 4.79 Å². The fraction of sp³-hybridized carbons (Fsp3) is 0.316. The third-order valence-electron chi connectivity index (χ3n) is 4.08. The summed E-state index contributed by atoms with van der Waals surface area (Å²) in [6.45, 7) is 2.24. The summed E-state index contributed by atoms with van der Waals surface area (Å²) in [6, 6.07) is 18.8. The summed E-state index contributed by atoms with van der Waals surface area (Å²) < 4.78 is 7.02. The molecule has 1 aliphatic heterocycles. The molecular formula is C19H20O2SSe. The number of hydrogen-bond acceptors (Lipinski definition) is 3. The van der Waals surface area contributed by atoms with E-state index in [4.69, 9.17) is 4.74 Å². The first-order valence-corrected chi connectivity index (χ1v) is 10.8. The Morgan fingerprint density at radius 1 is 1.13 bits per heavy atom. The number of carbonyl (C=O) groups is 1. The quantitative estimate of drug-likeness (QED) is 0.571. The minimum atomic E-state index is -0.0960. The van der Waals surface area contributed by atoms with Crippen molar-refractivity contribution >= 4 is 37.1 Å². The van der Waals surface area contributed by atoms with Crippen LogP contribution in [0.4, 0.5) is 0 Å². The molecule has 0 radical (unpaired) electrons. The van der Waals surface area contributed by atoms with Gasteiger partial charge in [-0.15, -0.1) is 0 Å². The average molecular weight is 391 g/mol. The van der Waals surface area contributed by atoms with Gasteiger partial charge >= 0.3 is 148 Å². The number of carbonyl (C=O) groups excluding carboxylic acids is 1. The Kier molecular flexibility index (Phi) is 5.47. The Hall–Kier alpha value is -1.22. The van der Waals surface area contributed by atoms with Crippen LogP contribution in [0.5, 0.6) is 0 Å². The van der Waals surface area contributed by atoms with Crippen molar-refractivity contribution in [3.63, 3.8) is 0 Å². The van der Waals surface area contributed by atoms with Crippen molar-refractivity contribution in [3.8, 4) is 0 Å². The molecule has 2 nitrogen and oxygen atoms in total. The van der Waals surface area contributed by atoms with Crippen molar-refractivity contribution in [1.29, 1.82) is 0 Å². The molecule has 1 fully saturated rings. The number of cyclic esters (lactones) is 1. The number of benzene rings is 2. The molecule has 0 N–H and O–H groups in total. The first kappa shape index (κ1) is 16.6. The van der Waals surface area contributed by atoms with Crippen molar-refractivity contribution in [2.75, 3.05) is 6.26 Å². The van der Waals surface area contributed by atoms with Crippen LogP contribution in [0.1, 0.15) is 35.8 Å². The molecule has 0 spiro atoms. The van der Waals surface area contributed by atoms with Crippen molar-refractivity contribution in [1.82, 2.24) is 0 Å². The van der Waals surface area contributed by atoms with E-state index in [1.165, 1.54) is 10.0 Å². The van der Waals surface area contributed by atoms with Gasteiger partial charge in [-0.25, -0.2) is 0 Å². The molecule has 0 amide bonds. The Labute approximate surface area is 148 Å². The van der Waals surface area contributed by atoms with E-state index in [0.29, 0.717) is 11.7 Å². The van der Waals surface area contributed by atoms with Gasteiger partial charge in [0, 0.05) is 0 Å². The van der Waals surface area contributed by atoms with E-state index in [1.54, 1.807) is 0 Å². The monoisotopic (exact) mass is 392 g/mol. The molecule has 23 heavy (non-hydrogen) atoms. The second-order valence-corrected chi connectivity index (χ2v) is 9.46. The molecule has 0 aliphatic carbocycles. The summed E-state index contributed by atoms with van der Waals surface area (Å²) in [7, 11) is 0. The van der Waals surface area contributed by atoms with Crippen LogP contribution in [0, 0.1) is 0 Å². The normalized spacial score (nSPS) is 21.9. The molecule has 0 aromatic heterocycles. The van der Waals surface area contributed by atoms with Crippen LogP contribution >= 0.6 is 11.8 Å². The van der Waals surface area contributed by atoms with E-state index in [2.05, 4.69) is 49.6 Å². The fourth-order valence-corrected chi connectivity index (χ4v) is 6.39. The van der Waals surface area contributed by atoms with Crippen LogP contribution in [0.25, 0.3) is 0 Å². The van der Waals surface area contributed by atoms with E-state index in [-0.39, 0.29) is 31.8 Å². The molecule has 1 aliphatic rings. The van der Waals surface area contributed by atoms with E-state index in [0.717, 1.165) is 5.56 Å². The fourth-order valence-electron chi connectivity index (χ4n) is 2.78. The van der Waals surface area contributed by atoms with Gasteiger partial charge in [0.25, 0.3) is 0 Å². The maximum absolute atomic E-state index is 11.9. The Balaban J connectivity index is 1.85. The van der Waals surface area contributed by atoms with Crippen LogP contribution in [0.3, 0.4) is 0 Å². The van der Waals surface area contributed by atoms with Crippen molar-refractivity contribution in [2.24, 2.45) is 0 Å². The summed E-state index contributed by atoms with van der Waals surface area (Å²) in [5.74, 6) is -0.0684. The SMILES string of the molecule is CS[C@@H](C)c1ccccc1[Se][C@H]1CC(=O)O[C@@H]1c1ccccc1. The minimum absolute atomic E-state index is 0.0684. The van der Waals surface area contributed by atoms with E-state index in [1.807, 2.05) is 30.0 Å². The van der Waals surface area contributed by atoms with Crippen LogP contribution in [0.2, 0.25) is 4.82 Å². The molecule has 2 aromatic rings. The Morgan fingerprint density at radius 2 is 1.83 bits per heavy atom. The van der Waals surface area contributed by atoms with Crippen LogP contribution < -0.4 is 4.46 Å². The molecule has 120 valence electrons. The summed E-state index contributed by atoms with van der Waals surface area (Å²) in [5.41, 5.74) is 2.51. The van der Waals surface area contributed by atoms with Gasteiger partial charge in [-0.05, 0) is 0 Å². The standard InChI is InChI=1S/C19H20O2SSe/c1-13(22-2)15-10-6-7-11-16(15)23-17-12-18(20)21-19(17)14-8-4-3-5-9-14/h3-11,13,17,19H,12H2,1-2H3/t13-,17-,19+/m0/s1. The molecule has 3 rings (SSSR count). The van der Waals surface area contributed by atoms with Crippen LogP contribution in [0.15, 0.2) is 54.6 Å². The second kappa shape index (κ2) is 7.57. The number of esters is 1. The zero-order chi connectivity index (χ0) is 16.2. The van der Waals surface area contributed by atoms with Gasteiger partial charge in [-0.2, -0.15) is 0 Å². The summed E-state index contributed by atoms with van der Waals surface area (Å²) >= 11 is 2.08. The molecule has 0 unspecified atom stereocenters. The van der Waals surface area contributed by atoms with Gasteiger partial charge in [-0.1, -0.05) is 0 Å². The molecule has 1 heterocycles. The molecular weight excluding hydrogens is 371 g/mol. The summed E-state index contributed by atoms with van der Waals surface area (Å²) in [6.07, 6.45) is 2.58. The molecule has 2 aromatic carbocycles. The van der Waals surface area contributed by atoms with Crippen molar-refractivity contribution in [3.05, 3.63) is 65.7 Å². The van der Waals surface area contributed by atoms with Gasteiger partial charge in [-0.3, -0.25) is 0 Å². The number of ether oxygens (including phenoxy) is 1. The Bertz CT molecular complexity index is 674. The van der Waals surface area contributed by atoms with E-state index < -0.39 is 0 Å². The van der Waals surface area contributed by atoms with Gasteiger partial charge in [0.1, 0.15) is 0 Å². The second-order valence-electron chi connectivity index (χ2n) is 5.60. The van der Waals surface area contributed by atoms with Crippen LogP contribution in [-0.4, -0.2) is 27.2 Å². The zero-order valence-electron chi connectivity index (χ0n) is 13.3. The van der Waals surface area contributed by atoms with E-state index >= 15 is 0 Å². The van der Waals surface area contributed by atoms with Crippen molar-refractivity contribution in [2.45, 2.75) is 29.5 Å². The summed E-state index contributed by atoms with van der Waals surface area (Å²) in [4.78, 5) is 12.2. The molecule has 1 saturated heterocycles. The third-order valence-corrected chi connectivity index (χ3v) is 7.86. The first-order chi connectivity index (χ1) is 11.2. The number of thioether (sulfide) groups is 1. The van der Waals surface area contributed by atoms with Gasteiger partial charge in [0.05, 0.1) is 0 Å². The average Bonchev–Trinajstić information content (AvgIpc) is 2.96. The van der Waals surface area contributed by atoms with Crippen molar-refractivity contribution < 1.29 is 9.53 Å². The Morgan fingerprint density at radius 3 is 2.57 bits per heavy atom. The van der Waals surface area contributed by atoms with Crippen LogP contribution in [-0.2, 0) is 9.53 Å². The van der Waals surface area contributed by atoms with Gasteiger partial charge < -0.3 is 0 Å². The van der Waals surface area contributed by atoms with Gasteiger partial charge in [0.15, 0.2) is 0 Å². The third kappa shape index (κ3) is 3.82. The topological polar surface area (TPSA) is 26.3 Å². The maximum atomic E-state index is 11.9. The predicted molar refractivity (Wildman–Crippen MR) is 97.4 cm³/mol. The number of hydrogen-bond donors (Lipinski definition) is 0. The van der Waals surface area contributed by atoms with Gasteiger partial charge in [0.2, 0.25) is 0 Å². The molecule has 4 heteroatoms. The molecule has 0 bridgehead atoms. The predicted octanol–water partition coefficient (Wildman–Crippen LogP) is 3.92. The molecule has 0 saturated carbocycles. The molecule has 3 atom stereocenters. The zero-order valence-corrected chi connectivity index (χ0v) is 15.8. The summed E-state index contributed by atoms with van der Waals surface area (Å²) in [5, 5.41) is 0.473.